The predicted molar refractivity (Wildman–Crippen MR) is 121 cm³/mol. The minimum absolute atomic E-state index is 0.0512. The van der Waals surface area contributed by atoms with E-state index in [2.05, 4.69) is 62.0 Å². The quantitative estimate of drug-likeness (QED) is 0.649. The number of para-hydroxylation sites is 2. The molecule has 6 heteroatoms. The largest absolute Gasteiger partial charge is 0.391 e. The van der Waals surface area contributed by atoms with Gasteiger partial charge in [0.1, 0.15) is 0 Å². The molecule has 2 aromatic rings. The average molecular weight is 491 g/mol. The lowest BCUT2D eigenvalue weighted by Crippen LogP contribution is -2.56. The van der Waals surface area contributed by atoms with Gasteiger partial charge in [-0.25, -0.2) is 0 Å². The highest BCUT2D eigenvalue weighted by Gasteiger charge is 2.33. The Balaban J connectivity index is 1.44. The van der Waals surface area contributed by atoms with Crippen molar-refractivity contribution in [2.45, 2.75) is 31.9 Å². The monoisotopic (exact) mass is 491 g/mol. The number of benzene rings is 2. The molecule has 2 unspecified atom stereocenters. The average Bonchev–Trinajstić information content (AvgIpc) is 2.68. The Morgan fingerprint density at radius 2 is 1.82 bits per heavy atom. The van der Waals surface area contributed by atoms with Crippen LogP contribution in [0.5, 0.6) is 0 Å². The minimum Gasteiger partial charge on any atom is -0.391 e. The maximum atomic E-state index is 11.5. The molecular formula is C22H26IN3O2. The summed E-state index contributed by atoms with van der Waals surface area (Å²) in [5, 5.41) is 13.7. The van der Waals surface area contributed by atoms with Crippen LogP contribution in [0.15, 0.2) is 42.5 Å². The van der Waals surface area contributed by atoms with Crippen molar-refractivity contribution < 1.29 is 9.90 Å². The first-order chi connectivity index (χ1) is 13.5. The Bertz CT molecular complexity index is 865. The zero-order chi connectivity index (χ0) is 19.7. The van der Waals surface area contributed by atoms with Crippen LogP contribution in [0.2, 0.25) is 0 Å². The molecule has 1 fully saturated rings. The summed E-state index contributed by atoms with van der Waals surface area (Å²) in [5.74, 6) is -0.0512. The summed E-state index contributed by atoms with van der Waals surface area (Å²) < 4.78 is 1.26. The molecule has 0 saturated carbocycles. The minimum atomic E-state index is -0.314. The number of hydrogen-bond donors (Lipinski definition) is 2. The maximum Gasteiger partial charge on any atom is 0.221 e. The van der Waals surface area contributed by atoms with Crippen molar-refractivity contribution in [3.05, 3.63) is 57.2 Å². The number of aliphatic hydroxyl groups excluding tert-OH is 1. The van der Waals surface area contributed by atoms with E-state index in [1.165, 1.54) is 21.6 Å². The molecule has 28 heavy (non-hydrogen) atoms. The van der Waals surface area contributed by atoms with E-state index < -0.39 is 0 Å². The molecule has 1 saturated heterocycles. The summed E-state index contributed by atoms with van der Waals surface area (Å²) in [5.41, 5.74) is 4.60. The zero-order valence-electron chi connectivity index (χ0n) is 16.1. The van der Waals surface area contributed by atoms with Gasteiger partial charge in [-0.05, 0) is 64.4 Å². The van der Waals surface area contributed by atoms with E-state index in [1.54, 1.807) is 0 Å². The molecule has 0 spiro atoms. The van der Waals surface area contributed by atoms with Crippen LogP contribution < -0.4 is 10.2 Å². The number of carbonyl (C=O) groups is 1. The fourth-order valence-corrected chi connectivity index (χ4v) is 4.97. The molecule has 5 nitrogen and oxygen atoms in total. The Morgan fingerprint density at radius 1 is 1.07 bits per heavy atom. The lowest BCUT2D eigenvalue weighted by atomic mass is 9.85. The number of rotatable bonds is 3. The third-order valence-electron chi connectivity index (χ3n) is 5.81. The van der Waals surface area contributed by atoms with Crippen molar-refractivity contribution in [3.8, 4) is 0 Å². The zero-order valence-corrected chi connectivity index (χ0v) is 18.2. The molecule has 4 rings (SSSR count). The molecule has 1 heterocycles. The van der Waals surface area contributed by atoms with Gasteiger partial charge < -0.3 is 15.3 Å². The summed E-state index contributed by atoms with van der Waals surface area (Å²) in [7, 11) is 0. The van der Waals surface area contributed by atoms with E-state index >= 15 is 0 Å². The summed E-state index contributed by atoms with van der Waals surface area (Å²) in [6.45, 7) is 5.14. The summed E-state index contributed by atoms with van der Waals surface area (Å²) in [6, 6.07) is 14.7. The molecule has 1 amide bonds. The van der Waals surface area contributed by atoms with Crippen LogP contribution in [-0.4, -0.2) is 54.2 Å². The number of halogens is 1. The van der Waals surface area contributed by atoms with Gasteiger partial charge in [0.05, 0.1) is 17.5 Å². The molecule has 1 aliphatic heterocycles. The van der Waals surface area contributed by atoms with Gasteiger partial charge in [0.2, 0.25) is 5.91 Å². The lowest BCUT2D eigenvalue weighted by Gasteiger charge is -2.44. The fraction of sp³-hybridized carbons (Fsp3) is 0.409. The molecule has 0 radical (unpaired) electrons. The van der Waals surface area contributed by atoms with Crippen LogP contribution in [0.3, 0.4) is 0 Å². The van der Waals surface area contributed by atoms with Crippen LogP contribution in [0.25, 0.3) is 0 Å². The third kappa shape index (κ3) is 4.18. The number of piperazine rings is 1. The first-order valence-corrected chi connectivity index (χ1v) is 10.9. The van der Waals surface area contributed by atoms with E-state index in [1.807, 2.05) is 18.2 Å². The SMILES string of the molecule is CC(=O)Nc1ccccc1N1CCN(C2Cc3cc(I)ccc3CC2O)CC1. The molecular weight excluding hydrogens is 465 g/mol. The Morgan fingerprint density at radius 3 is 2.57 bits per heavy atom. The molecule has 0 bridgehead atoms. The Kier molecular flexibility index (Phi) is 5.89. The van der Waals surface area contributed by atoms with Crippen LogP contribution in [-0.2, 0) is 17.6 Å². The van der Waals surface area contributed by atoms with Crippen LogP contribution in [0, 0.1) is 3.57 Å². The van der Waals surface area contributed by atoms with Crippen molar-refractivity contribution in [2.75, 3.05) is 36.4 Å². The smallest absolute Gasteiger partial charge is 0.221 e. The van der Waals surface area contributed by atoms with Gasteiger partial charge in [-0.1, -0.05) is 18.2 Å². The second-order valence-electron chi connectivity index (χ2n) is 7.68. The maximum absolute atomic E-state index is 11.5. The van der Waals surface area contributed by atoms with E-state index in [0.29, 0.717) is 0 Å². The number of hydrogen-bond acceptors (Lipinski definition) is 4. The van der Waals surface area contributed by atoms with Crippen molar-refractivity contribution in [1.29, 1.82) is 0 Å². The van der Waals surface area contributed by atoms with Gasteiger partial charge in [0, 0.05) is 49.1 Å². The van der Waals surface area contributed by atoms with Crippen molar-refractivity contribution in [1.82, 2.24) is 4.90 Å². The first-order valence-electron chi connectivity index (χ1n) is 9.82. The van der Waals surface area contributed by atoms with E-state index in [0.717, 1.165) is 50.4 Å². The van der Waals surface area contributed by atoms with Crippen LogP contribution in [0.1, 0.15) is 18.1 Å². The third-order valence-corrected chi connectivity index (χ3v) is 6.48. The summed E-state index contributed by atoms with van der Waals surface area (Å²) in [4.78, 5) is 16.3. The van der Waals surface area contributed by atoms with Crippen molar-refractivity contribution in [2.24, 2.45) is 0 Å². The second kappa shape index (κ2) is 8.39. The van der Waals surface area contributed by atoms with Gasteiger partial charge in [0.15, 0.2) is 0 Å². The molecule has 0 aromatic heterocycles. The standard InChI is InChI=1S/C22H26IN3O2/c1-15(27)24-19-4-2-3-5-20(19)25-8-10-26(11-9-25)21-13-17-12-18(23)7-6-16(17)14-22(21)28/h2-7,12,21-22,28H,8-11,13-14H2,1H3,(H,24,27). The second-order valence-corrected chi connectivity index (χ2v) is 8.92. The fourth-order valence-electron chi connectivity index (χ4n) is 4.42. The number of amides is 1. The molecule has 2 N–H and O–H groups in total. The molecule has 2 aromatic carbocycles. The van der Waals surface area contributed by atoms with Gasteiger partial charge in [-0.2, -0.15) is 0 Å². The predicted octanol–water partition coefficient (Wildman–Crippen LogP) is 2.90. The summed E-state index contributed by atoms with van der Waals surface area (Å²) >= 11 is 2.36. The number of nitrogens with one attached hydrogen (secondary N) is 1. The molecule has 148 valence electrons. The Labute approximate surface area is 179 Å². The van der Waals surface area contributed by atoms with Gasteiger partial charge in [-0.15, -0.1) is 0 Å². The number of fused-ring (bicyclic) bond motifs is 1. The van der Waals surface area contributed by atoms with Crippen molar-refractivity contribution >= 4 is 39.9 Å². The van der Waals surface area contributed by atoms with Gasteiger partial charge in [-0.3, -0.25) is 9.69 Å². The van der Waals surface area contributed by atoms with Gasteiger partial charge in [0.25, 0.3) is 0 Å². The number of carbonyl (C=O) groups excluding carboxylic acids is 1. The molecule has 2 atom stereocenters. The van der Waals surface area contributed by atoms with E-state index in [9.17, 15) is 9.90 Å². The van der Waals surface area contributed by atoms with Gasteiger partial charge >= 0.3 is 0 Å². The topological polar surface area (TPSA) is 55.8 Å². The normalized spacial score (nSPS) is 22.6. The highest BCUT2D eigenvalue weighted by Crippen LogP contribution is 2.30. The number of anilines is 2. The van der Waals surface area contributed by atoms with Crippen molar-refractivity contribution in [3.63, 3.8) is 0 Å². The highest BCUT2D eigenvalue weighted by atomic mass is 127. The van der Waals surface area contributed by atoms with Crippen LogP contribution >= 0.6 is 22.6 Å². The first kappa shape index (κ1) is 19.7. The highest BCUT2D eigenvalue weighted by molar-refractivity contribution is 14.1. The summed E-state index contributed by atoms with van der Waals surface area (Å²) in [6.07, 6.45) is 1.34. The van der Waals surface area contributed by atoms with E-state index in [-0.39, 0.29) is 18.1 Å². The molecule has 1 aliphatic carbocycles. The van der Waals surface area contributed by atoms with E-state index in [4.69, 9.17) is 0 Å². The molecule has 2 aliphatic rings. The number of nitrogens with zero attached hydrogens (tertiary/aromatic N) is 2. The lowest BCUT2D eigenvalue weighted by molar-refractivity contribution is -0.114. The van der Waals surface area contributed by atoms with Crippen LogP contribution in [0.4, 0.5) is 11.4 Å². The number of aliphatic hydroxyl groups is 1. The Hall–Kier alpha value is -1.64.